The highest BCUT2D eigenvalue weighted by atomic mass is 79.9. The van der Waals surface area contributed by atoms with Crippen LogP contribution in [0, 0.1) is 5.82 Å². The fraction of sp³-hybridized carbons (Fsp3) is 0.100. The van der Waals surface area contributed by atoms with Crippen LogP contribution in [0.2, 0.25) is 5.02 Å². The Morgan fingerprint density at radius 1 is 0.962 bits per heavy atom. The Morgan fingerprint density at radius 2 is 1.77 bits per heavy atom. The summed E-state index contributed by atoms with van der Waals surface area (Å²) in [7, 11) is 0. The second-order valence-corrected chi connectivity index (χ2v) is 7.79. The van der Waals surface area contributed by atoms with Gasteiger partial charge < -0.3 is 10.1 Å². The van der Waals surface area contributed by atoms with E-state index in [0.717, 1.165) is 20.2 Å². The Balaban J connectivity index is 1.73. The molecule has 6 heteroatoms. The molecule has 3 aromatic carbocycles. The van der Waals surface area contributed by atoms with E-state index in [4.69, 9.17) is 16.3 Å². The number of nitrogens with one attached hydrogen (secondary N) is 1. The van der Waals surface area contributed by atoms with Crippen LogP contribution in [-0.2, 0) is 13.2 Å². The molecule has 0 unspecified atom stereocenters. The quantitative estimate of drug-likeness (QED) is 0.387. The first-order valence-electron chi connectivity index (χ1n) is 7.86. The minimum atomic E-state index is -0.270. The molecule has 3 aromatic rings. The number of hydrogen-bond acceptors (Lipinski definition) is 2. The maximum atomic E-state index is 13.8. The second kappa shape index (κ2) is 8.89. The van der Waals surface area contributed by atoms with Crippen molar-refractivity contribution in [1.82, 2.24) is 0 Å². The van der Waals surface area contributed by atoms with E-state index in [1.807, 2.05) is 36.4 Å². The predicted molar refractivity (Wildman–Crippen MR) is 111 cm³/mol. The molecule has 0 spiro atoms. The van der Waals surface area contributed by atoms with Gasteiger partial charge in [-0.15, -0.1) is 0 Å². The van der Waals surface area contributed by atoms with Gasteiger partial charge in [0.05, 0.1) is 5.02 Å². The Hall–Kier alpha value is -1.56. The minimum Gasteiger partial charge on any atom is -0.488 e. The Kier molecular flexibility index (Phi) is 6.57. The molecule has 0 fully saturated rings. The molecule has 0 saturated carbocycles. The van der Waals surface area contributed by atoms with Crippen LogP contribution in [0.4, 0.5) is 10.1 Å². The third-order valence-corrected chi connectivity index (χ3v) is 5.49. The standard InChI is InChI=1S/C20H15Br2ClFNO/c21-15-5-8-20(26-12-13-3-1-2-4-19(13)24)14(9-15)11-25-16-6-7-17(22)18(23)10-16/h1-10,25H,11-12H2. The largest absolute Gasteiger partial charge is 0.488 e. The third-order valence-electron chi connectivity index (χ3n) is 3.77. The molecule has 26 heavy (non-hydrogen) atoms. The van der Waals surface area contributed by atoms with Gasteiger partial charge in [0, 0.05) is 32.3 Å². The first kappa shape index (κ1) is 19.2. The lowest BCUT2D eigenvalue weighted by Crippen LogP contribution is -2.04. The van der Waals surface area contributed by atoms with Gasteiger partial charge in [0.1, 0.15) is 18.2 Å². The first-order valence-corrected chi connectivity index (χ1v) is 9.83. The highest BCUT2D eigenvalue weighted by molar-refractivity contribution is 9.10. The molecular weight excluding hydrogens is 484 g/mol. The summed E-state index contributed by atoms with van der Waals surface area (Å²) >= 11 is 13.0. The van der Waals surface area contributed by atoms with Crippen LogP contribution in [0.3, 0.4) is 0 Å². The highest BCUT2D eigenvalue weighted by Gasteiger charge is 2.08. The van der Waals surface area contributed by atoms with E-state index in [1.54, 1.807) is 18.2 Å². The molecule has 0 heterocycles. The van der Waals surface area contributed by atoms with E-state index in [1.165, 1.54) is 6.07 Å². The van der Waals surface area contributed by atoms with Crippen molar-refractivity contribution in [2.45, 2.75) is 13.2 Å². The first-order chi connectivity index (χ1) is 12.5. The van der Waals surface area contributed by atoms with Gasteiger partial charge in [0.15, 0.2) is 0 Å². The van der Waals surface area contributed by atoms with Crippen molar-refractivity contribution in [2.75, 3.05) is 5.32 Å². The van der Waals surface area contributed by atoms with Crippen LogP contribution in [0.1, 0.15) is 11.1 Å². The van der Waals surface area contributed by atoms with Crippen LogP contribution in [0.15, 0.2) is 69.6 Å². The van der Waals surface area contributed by atoms with Gasteiger partial charge in [-0.1, -0.05) is 45.7 Å². The predicted octanol–water partition coefficient (Wildman–Crippen LogP) is 7.20. The van der Waals surface area contributed by atoms with Gasteiger partial charge in [0.25, 0.3) is 0 Å². The Bertz CT molecular complexity index is 920. The highest BCUT2D eigenvalue weighted by Crippen LogP contribution is 2.28. The lowest BCUT2D eigenvalue weighted by Gasteiger charge is -2.14. The summed E-state index contributed by atoms with van der Waals surface area (Å²) in [5.74, 6) is 0.431. The summed E-state index contributed by atoms with van der Waals surface area (Å²) in [6.07, 6.45) is 0. The van der Waals surface area contributed by atoms with Gasteiger partial charge in [-0.2, -0.15) is 0 Å². The molecular formula is C20H15Br2ClFNO. The molecule has 0 aliphatic carbocycles. The van der Waals surface area contributed by atoms with Crippen LogP contribution in [0.25, 0.3) is 0 Å². The zero-order valence-electron chi connectivity index (χ0n) is 13.6. The van der Waals surface area contributed by atoms with Crippen molar-refractivity contribution in [3.8, 4) is 5.75 Å². The van der Waals surface area contributed by atoms with Gasteiger partial charge in [-0.25, -0.2) is 4.39 Å². The summed E-state index contributed by atoms with van der Waals surface area (Å²) in [6.45, 7) is 0.718. The Morgan fingerprint density at radius 3 is 2.54 bits per heavy atom. The van der Waals surface area contributed by atoms with Gasteiger partial charge in [-0.3, -0.25) is 0 Å². The number of rotatable bonds is 6. The van der Waals surface area contributed by atoms with E-state index < -0.39 is 0 Å². The van der Waals surface area contributed by atoms with Gasteiger partial charge >= 0.3 is 0 Å². The van der Waals surface area contributed by atoms with Gasteiger partial charge in [0.2, 0.25) is 0 Å². The molecule has 0 radical (unpaired) electrons. The zero-order valence-corrected chi connectivity index (χ0v) is 17.5. The number of halogens is 4. The van der Waals surface area contributed by atoms with Crippen LogP contribution in [0.5, 0.6) is 5.75 Å². The van der Waals surface area contributed by atoms with Crippen LogP contribution < -0.4 is 10.1 Å². The van der Waals surface area contributed by atoms with Crippen molar-refractivity contribution in [3.63, 3.8) is 0 Å². The van der Waals surface area contributed by atoms with Crippen molar-refractivity contribution in [1.29, 1.82) is 0 Å². The maximum Gasteiger partial charge on any atom is 0.129 e. The van der Waals surface area contributed by atoms with Crippen molar-refractivity contribution in [2.24, 2.45) is 0 Å². The summed E-state index contributed by atoms with van der Waals surface area (Å²) in [4.78, 5) is 0. The molecule has 0 bridgehead atoms. The smallest absolute Gasteiger partial charge is 0.129 e. The molecule has 0 aromatic heterocycles. The van der Waals surface area contributed by atoms with Gasteiger partial charge in [-0.05, 0) is 58.4 Å². The molecule has 3 rings (SSSR count). The van der Waals surface area contributed by atoms with E-state index in [2.05, 4.69) is 37.2 Å². The third kappa shape index (κ3) is 5.00. The molecule has 1 N–H and O–H groups in total. The lowest BCUT2D eigenvalue weighted by atomic mass is 10.2. The molecule has 0 atom stereocenters. The van der Waals surface area contributed by atoms with Crippen molar-refractivity contribution >= 4 is 49.1 Å². The van der Waals surface area contributed by atoms with E-state index in [-0.39, 0.29) is 12.4 Å². The molecule has 0 saturated heterocycles. The summed E-state index contributed by atoms with van der Waals surface area (Å²) in [6, 6.07) is 18.0. The van der Waals surface area contributed by atoms with E-state index in [0.29, 0.717) is 22.9 Å². The fourth-order valence-corrected chi connectivity index (χ4v) is 3.24. The van der Waals surface area contributed by atoms with Crippen LogP contribution >= 0.6 is 43.5 Å². The van der Waals surface area contributed by atoms with Crippen molar-refractivity contribution in [3.05, 3.63) is 91.6 Å². The monoisotopic (exact) mass is 497 g/mol. The maximum absolute atomic E-state index is 13.8. The number of benzene rings is 3. The topological polar surface area (TPSA) is 21.3 Å². The minimum absolute atomic E-state index is 0.172. The average Bonchev–Trinajstić information content (AvgIpc) is 2.63. The average molecular weight is 500 g/mol. The molecule has 2 nitrogen and oxygen atoms in total. The second-order valence-electron chi connectivity index (χ2n) is 5.61. The molecule has 134 valence electrons. The van der Waals surface area contributed by atoms with Crippen molar-refractivity contribution < 1.29 is 9.13 Å². The van der Waals surface area contributed by atoms with E-state index in [9.17, 15) is 4.39 Å². The molecule has 0 aliphatic heterocycles. The fourth-order valence-electron chi connectivity index (χ4n) is 2.40. The zero-order chi connectivity index (χ0) is 18.5. The Labute approximate surface area is 173 Å². The summed E-state index contributed by atoms with van der Waals surface area (Å²) in [5.41, 5.74) is 2.38. The number of ether oxygens (including phenoxy) is 1. The summed E-state index contributed by atoms with van der Waals surface area (Å²) < 4.78 is 21.4. The summed E-state index contributed by atoms with van der Waals surface area (Å²) in [5, 5.41) is 3.97. The lowest BCUT2D eigenvalue weighted by molar-refractivity contribution is 0.297. The molecule has 0 amide bonds. The van der Waals surface area contributed by atoms with Crippen LogP contribution in [-0.4, -0.2) is 0 Å². The SMILES string of the molecule is Fc1ccccc1COc1ccc(Br)cc1CNc1ccc(Br)c(Cl)c1. The number of anilines is 1. The normalized spacial score (nSPS) is 10.6. The molecule has 0 aliphatic rings. The van der Waals surface area contributed by atoms with E-state index >= 15 is 0 Å². The number of hydrogen-bond donors (Lipinski definition) is 1.